The van der Waals surface area contributed by atoms with Gasteiger partial charge in [0.25, 0.3) is 0 Å². The molecule has 3 aromatic rings. The van der Waals surface area contributed by atoms with Crippen LogP contribution in [0.25, 0.3) is 0 Å². The first kappa shape index (κ1) is 21.4. The Bertz CT molecular complexity index is 1100. The summed E-state index contributed by atoms with van der Waals surface area (Å²) in [5, 5.41) is 0. The van der Waals surface area contributed by atoms with Crippen molar-refractivity contribution >= 4 is 23.1 Å². The number of hydrogen-bond acceptors (Lipinski definition) is 5. The second kappa shape index (κ2) is 8.70. The van der Waals surface area contributed by atoms with Crippen LogP contribution in [0.15, 0.2) is 66.7 Å². The number of benzene rings is 3. The molecule has 0 aliphatic carbocycles. The number of rotatable bonds is 6. The Morgan fingerprint density at radius 2 is 1.44 bits per heavy atom. The number of urea groups is 1. The van der Waals surface area contributed by atoms with Crippen molar-refractivity contribution in [1.82, 2.24) is 4.90 Å². The minimum atomic E-state index is -0.199. The number of carbonyl (C=O) groups is 1. The number of nitrogen functional groups attached to an aromatic ring is 2. The molecule has 0 bridgehead atoms. The Morgan fingerprint density at radius 1 is 0.844 bits per heavy atom. The van der Waals surface area contributed by atoms with Crippen LogP contribution in [0.2, 0.25) is 0 Å². The summed E-state index contributed by atoms with van der Waals surface area (Å²) < 4.78 is 10.6. The maximum atomic E-state index is 13.7. The minimum absolute atomic E-state index is 0.0849. The average molecular weight is 433 g/mol. The van der Waals surface area contributed by atoms with Crippen molar-refractivity contribution in [3.8, 4) is 11.5 Å². The third-order valence-corrected chi connectivity index (χ3v) is 6.00. The zero-order chi connectivity index (χ0) is 22.8. The van der Waals surface area contributed by atoms with Crippen LogP contribution < -0.4 is 25.8 Å². The fourth-order valence-corrected chi connectivity index (χ4v) is 4.17. The number of methoxy groups -OCH3 is 2. The number of carbonyl (C=O) groups excluding carboxylic acids is 1. The Morgan fingerprint density at radius 3 is 2.00 bits per heavy atom. The summed E-state index contributed by atoms with van der Waals surface area (Å²) in [6.07, 6.45) is 0. The Labute approximate surface area is 188 Å². The standard InChI is InChI=1S/C25H28N4O3/c1-16-24(18-6-11-21(32-3)12-7-18)29(19-8-13-22(26)23(27)14-19)25(30)28(16)15-17-4-9-20(31-2)10-5-17/h4-14,16,24H,15,26-27H2,1-3H3/t16-,24-/m1/s1. The molecule has 1 heterocycles. The normalized spacial score (nSPS) is 18.2. The topological polar surface area (TPSA) is 94.0 Å². The molecule has 1 aliphatic rings. The van der Waals surface area contributed by atoms with E-state index < -0.39 is 0 Å². The molecular formula is C25H28N4O3. The molecule has 1 fully saturated rings. The summed E-state index contributed by atoms with van der Waals surface area (Å²) >= 11 is 0. The monoisotopic (exact) mass is 432 g/mol. The predicted molar refractivity (Wildman–Crippen MR) is 127 cm³/mol. The fourth-order valence-electron chi connectivity index (χ4n) is 4.17. The predicted octanol–water partition coefficient (Wildman–Crippen LogP) is 4.44. The van der Waals surface area contributed by atoms with Gasteiger partial charge in [0.15, 0.2) is 0 Å². The number of ether oxygens (including phenoxy) is 2. The highest BCUT2D eigenvalue weighted by atomic mass is 16.5. The number of nitrogens with two attached hydrogens (primary N) is 2. The van der Waals surface area contributed by atoms with Crippen molar-refractivity contribution in [2.45, 2.75) is 25.6 Å². The summed E-state index contributed by atoms with van der Waals surface area (Å²) in [5.41, 5.74) is 15.7. The number of nitrogens with zero attached hydrogens (tertiary/aromatic N) is 2. The van der Waals surface area contributed by atoms with Gasteiger partial charge < -0.3 is 25.8 Å². The third-order valence-electron chi connectivity index (χ3n) is 6.00. The van der Waals surface area contributed by atoms with E-state index in [1.807, 2.05) is 59.5 Å². The first-order valence-electron chi connectivity index (χ1n) is 10.4. The van der Waals surface area contributed by atoms with Gasteiger partial charge in [-0.2, -0.15) is 0 Å². The highest BCUT2D eigenvalue weighted by Crippen LogP contribution is 2.41. The molecule has 4 rings (SSSR count). The molecule has 32 heavy (non-hydrogen) atoms. The maximum Gasteiger partial charge on any atom is 0.325 e. The van der Waals surface area contributed by atoms with E-state index in [9.17, 15) is 4.79 Å². The van der Waals surface area contributed by atoms with E-state index in [0.29, 0.717) is 23.6 Å². The van der Waals surface area contributed by atoms with E-state index in [1.165, 1.54) is 0 Å². The first-order chi connectivity index (χ1) is 15.4. The molecule has 0 spiro atoms. The van der Waals surface area contributed by atoms with Crippen LogP contribution in [-0.4, -0.2) is 31.2 Å². The van der Waals surface area contributed by atoms with Crippen molar-refractivity contribution < 1.29 is 14.3 Å². The molecule has 2 amide bonds. The zero-order valence-electron chi connectivity index (χ0n) is 18.5. The highest BCUT2D eigenvalue weighted by Gasteiger charge is 2.44. The van der Waals surface area contributed by atoms with E-state index >= 15 is 0 Å². The van der Waals surface area contributed by atoms with Crippen LogP contribution in [0.3, 0.4) is 0 Å². The van der Waals surface area contributed by atoms with Gasteiger partial charge in [0.1, 0.15) is 11.5 Å². The van der Waals surface area contributed by atoms with Crippen LogP contribution in [0, 0.1) is 0 Å². The minimum Gasteiger partial charge on any atom is -0.497 e. The molecular weight excluding hydrogens is 404 g/mol. The van der Waals surface area contributed by atoms with E-state index in [1.54, 1.807) is 31.3 Å². The zero-order valence-corrected chi connectivity index (χ0v) is 18.5. The molecule has 0 aromatic heterocycles. The molecule has 2 atom stereocenters. The molecule has 4 N–H and O–H groups in total. The molecule has 7 heteroatoms. The molecule has 3 aromatic carbocycles. The van der Waals surface area contributed by atoms with Crippen LogP contribution in [0.4, 0.5) is 21.9 Å². The Hall–Kier alpha value is -3.87. The summed E-state index contributed by atoms with van der Waals surface area (Å²) in [5.74, 6) is 1.55. The summed E-state index contributed by atoms with van der Waals surface area (Å²) in [6, 6.07) is 20.5. The van der Waals surface area contributed by atoms with Gasteiger partial charge in [-0.05, 0) is 60.5 Å². The number of anilines is 3. The van der Waals surface area contributed by atoms with Gasteiger partial charge in [-0.25, -0.2) is 4.79 Å². The lowest BCUT2D eigenvalue weighted by molar-refractivity contribution is 0.203. The highest BCUT2D eigenvalue weighted by molar-refractivity contribution is 5.96. The molecule has 0 unspecified atom stereocenters. The van der Waals surface area contributed by atoms with Crippen molar-refractivity contribution in [2.75, 3.05) is 30.6 Å². The summed E-state index contributed by atoms with van der Waals surface area (Å²) in [4.78, 5) is 17.4. The molecule has 0 radical (unpaired) electrons. The largest absolute Gasteiger partial charge is 0.497 e. The molecule has 1 aliphatic heterocycles. The van der Waals surface area contributed by atoms with Gasteiger partial charge in [-0.3, -0.25) is 4.90 Å². The lowest BCUT2D eigenvalue weighted by Gasteiger charge is -2.26. The average Bonchev–Trinajstić information content (AvgIpc) is 3.06. The summed E-state index contributed by atoms with van der Waals surface area (Å²) in [6.45, 7) is 2.55. The quantitative estimate of drug-likeness (QED) is 0.562. The lowest BCUT2D eigenvalue weighted by atomic mass is 9.99. The second-order valence-electron chi connectivity index (χ2n) is 7.90. The van der Waals surface area contributed by atoms with Gasteiger partial charge in [-0.1, -0.05) is 24.3 Å². The summed E-state index contributed by atoms with van der Waals surface area (Å²) in [7, 11) is 3.27. The number of hydrogen-bond donors (Lipinski definition) is 2. The number of amides is 2. The Kier molecular flexibility index (Phi) is 5.81. The Balaban J connectivity index is 1.72. The lowest BCUT2D eigenvalue weighted by Crippen LogP contribution is -2.33. The van der Waals surface area contributed by atoms with Gasteiger partial charge in [-0.15, -0.1) is 0 Å². The van der Waals surface area contributed by atoms with Crippen LogP contribution in [0.1, 0.15) is 24.1 Å². The van der Waals surface area contributed by atoms with E-state index in [0.717, 1.165) is 22.6 Å². The molecule has 0 saturated carbocycles. The van der Waals surface area contributed by atoms with E-state index in [4.69, 9.17) is 20.9 Å². The van der Waals surface area contributed by atoms with Crippen LogP contribution >= 0.6 is 0 Å². The van der Waals surface area contributed by atoms with Crippen molar-refractivity contribution in [3.05, 3.63) is 77.9 Å². The maximum absolute atomic E-state index is 13.7. The van der Waals surface area contributed by atoms with Gasteiger partial charge in [0, 0.05) is 12.2 Å². The SMILES string of the molecule is COc1ccc(CN2C(=O)N(c3ccc(N)c(N)c3)[C@@H](c3ccc(OC)cc3)[C@H]2C)cc1. The van der Waals surface area contributed by atoms with Crippen molar-refractivity contribution in [3.63, 3.8) is 0 Å². The second-order valence-corrected chi connectivity index (χ2v) is 7.90. The van der Waals surface area contributed by atoms with Crippen LogP contribution in [0.5, 0.6) is 11.5 Å². The molecule has 166 valence electrons. The first-order valence-corrected chi connectivity index (χ1v) is 10.4. The van der Waals surface area contributed by atoms with E-state index in [2.05, 4.69) is 6.92 Å². The molecule has 1 saturated heterocycles. The van der Waals surface area contributed by atoms with Crippen molar-refractivity contribution in [1.29, 1.82) is 0 Å². The van der Waals surface area contributed by atoms with Gasteiger partial charge in [0.05, 0.1) is 37.7 Å². The van der Waals surface area contributed by atoms with Crippen LogP contribution in [-0.2, 0) is 6.54 Å². The van der Waals surface area contributed by atoms with Gasteiger partial charge >= 0.3 is 6.03 Å². The van der Waals surface area contributed by atoms with Gasteiger partial charge in [0.2, 0.25) is 0 Å². The smallest absolute Gasteiger partial charge is 0.325 e. The van der Waals surface area contributed by atoms with E-state index in [-0.39, 0.29) is 18.1 Å². The fraction of sp³-hybridized carbons (Fsp3) is 0.240. The molecule has 7 nitrogen and oxygen atoms in total. The third kappa shape index (κ3) is 3.89. The van der Waals surface area contributed by atoms with Crippen molar-refractivity contribution in [2.24, 2.45) is 0 Å².